The zero-order valence-electron chi connectivity index (χ0n) is 16.0. The molecular formula is C20H33NO2. The molecule has 2 N–H and O–H groups in total. The minimum Gasteiger partial charge on any atom is -0.507 e. The van der Waals surface area contributed by atoms with E-state index in [1.807, 2.05) is 26.0 Å². The maximum absolute atomic E-state index is 12.3. The van der Waals surface area contributed by atoms with E-state index in [9.17, 15) is 9.90 Å². The van der Waals surface area contributed by atoms with Gasteiger partial charge >= 0.3 is 0 Å². The van der Waals surface area contributed by atoms with Crippen LogP contribution in [0.3, 0.4) is 0 Å². The normalized spacial score (nSPS) is 13.7. The number of phenols is 1. The number of nitrogens with one attached hydrogen (secondary N) is 1. The molecule has 0 saturated heterocycles. The lowest BCUT2D eigenvalue weighted by molar-refractivity contribution is -0.122. The first-order chi connectivity index (χ1) is 10.4. The first kappa shape index (κ1) is 19.5. The Labute approximate surface area is 141 Å². The van der Waals surface area contributed by atoms with Gasteiger partial charge in [0.05, 0.1) is 5.92 Å². The third-order valence-corrected chi connectivity index (χ3v) is 4.19. The zero-order valence-corrected chi connectivity index (χ0v) is 16.0. The van der Waals surface area contributed by atoms with E-state index in [1.54, 1.807) is 0 Å². The van der Waals surface area contributed by atoms with Crippen LogP contribution in [0.4, 0.5) is 0 Å². The summed E-state index contributed by atoms with van der Waals surface area (Å²) in [6.45, 7) is 17.2. The summed E-state index contributed by atoms with van der Waals surface area (Å²) in [6.07, 6.45) is 0.925. The highest BCUT2D eigenvalue weighted by Gasteiger charge is 2.28. The topological polar surface area (TPSA) is 49.3 Å². The Morgan fingerprint density at radius 1 is 1.09 bits per heavy atom. The summed E-state index contributed by atoms with van der Waals surface area (Å²) >= 11 is 0. The Hall–Kier alpha value is -1.51. The average Bonchev–Trinajstić information content (AvgIpc) is 2.41. The number of amides is 1. The van der Waals surface area contributed by atoms with Crippen LogP contribution in [-0.4, -0.2) is 17.6 Å². The van der Waals surface area contributed by atoms with Crippen LogP contribution in [0.25, 0.3) is 0 Å². The SMILES string of the molecule is CCCNC(=O)C(C)c1cc(C(C)(C)C)c(O)c(C(C)(C)C)c1. The molecule has 1 aromatic carbocycles. The molecule has 1 unspecified atom stereocenters. The molecule has 0 aliphatic carbocycles. The van der Waals surface area contributed by atoms with E-state index in [1.165, 1.54) is 0 Å². The van der Waals surface area contributed by atoms with Crippen molar-refractivity contribution in [1.82, 2.24) is 5.32 Å². The van der Waals surface area contributed by atoms with Gasteiger partial charge < -0.3 is 10.4 Å². The van der Waals surface area contributed by atoms with E-state index >= 15 is 0 Å². The van der Waals surface area contributed by atoms with Gasteiger partial charge in [0.15, 0.2) is 0 Å². The van der Waals surface area contributed by atoms with Gasteiger partial charge in [-0.2, -0.15) is 0 Å². The van der Waals surface area contributed by atoms with Gasteiger partial charge in [0.25, 0.3) is 0 Å². The number of hydrogen-bond acceptors (Lipinski definition) is 2. The van der Waals surface area contributed by atoms with Crippen molar-refractivity contribution in [3.05, 3.63) is 28.8 Å². The van der Waals surface area contributed by atoms with Crippen molar-refractivity contribution in [2.45, 2.75) is 78.6 Å². The van der Waals surface area contributed by atoms with E-state index in [4.69, 9.17) is 0 Å². The zero-order chi connectivity index (χ0) is 18.0. The van der Waals surface area contributed by atoms with Crippen LogP contribution in [0.1, 0.15) is 84.4 Å². The molecule has 0 spiro atoms. The molecule has 0 fully saturated rings. The van der Waals surface area contributed by atoms with Crippen LogP contribution in [0.2, 0.25) is 0 Å². The Bertz CT molecular complexity index is 527. The Balaban J connectivity index is 3.41. The molecule has 0 bridgehead atoms. The Kier molecular flexibility index (Phi) is 5.89. The molecule has 0 saturated carbocycles. The predicted octanol–water partition coefficient (Wildman–Crippen LogP) is 4.62. The number of carbonyl (C=O) groups excluding carboxylic acids is 1. The second-order valence-corrected chi connectivity index (χ2v) is 8.48. The Morgan fingerprint density at radius 3 is 1.87 bits per heavy atom. The van der Waals surface area contributed by atoms with Crippen LogP contribution in [0, 0.1) is 0 Å². The predicted molar refractivity (Wildman–Crippen MR) is 97.2 cm³/mol. The lowest BCUT2D eigenvalue weighted by atomic mass is 9.77. The second kappa shape index (κ2) is 6.94. The summed E-state index contributed by atoms with van der Waals surface area (Å²) in [4.78, 5) is 12.3. The van der Waals surface area contributed by atoms with Gasteiger partial charge in [0.2, 0.25) is 5.91 Å². The summed E-state index contributed by atoms with van der Waals surface area (Å²) in [5, 5.41) is 13.7. The smallest absolute Gasteiger partial charge is 0.227 e. The monoisotopic (exact) mass is 319 g/mol. The number of aromatic hydroxyl groups is 1. The van der Waals surface area contributed by atoms with E-state index in [2.05, 4.69) is 46.9 Å². The lowest BCUT2D eigenvalue weighted by Crippen LogP contribution is -2.29. The molecule has 1 aromatic rings. The molecule has 3 nitrogen and oxygen atoms in total. The largest absolute Gasteiger partial charge is 0.507 e. The fraction of sp³-hybridized carbons (Fsp3) is 0.650. The van der Waals surface area contributed by atoms with Crippen LogP contribution in [0.5, 0.6) is 5.75 Å². The van der Waals surface area contributed by atoms with Crippen LogP contribution < -0.4 is 5.32 Å². The third kappa shape index (κ3) is 4.73. The maximum atomic E-state index is 12.3. The van der Waals surface area contributed by atoms with Crippen molar-refractivity contribution >= 4 is 5.91 Å². The summed E-state index contributed by atoms with van der Waals surface area (Å²) in [5.74, 6) is 0.163. The fourth-order valence-electron chi connectivity index (χ4n) is 2.60. The minimum absolute atomic E-state index is 0.0391. The molecule has 130 valence electrons. The van der Waals surface area contributed by atoms with Crippen molar-refractivity contribution in [2.75, 3.05) is 6.54 Å². The number of rotatable bonds is 4. The van der Waals surface area contributed by atoms with Gasteiger partial charge in [-0.05, 0) is 40.9 Å². The number of phenolic OH excluding ortho intramolecular Hbond substituents is 1. The summed E-state index contributed by atoms with van der Waals surface area (Å²) in [7, 11) is 0. The highest BCUT2D eigenvalue weighted by molar-refractivity contribution is 5.83. The van der Waals surface area contributed by atoms with Crippen molar-refractivity contribution in [2.24, 2.45) is 0 Å². The molecule has 0 heterocycles. The van der Waals surface area contributed by atoms with Crippen LogP contribution >= 0.6 is 0 Å². The van der Waals surface area contributed by atoms with Gasteiger partial charge in [-0.15, -0.1) is 0 Å². The molecule has 0 radical (unpaired) electrons. The van der Waals surface area contributed by atoms with Crippen LogP contribution in [-0.2, 0) is 15.6 Å². The molecular weight excluding hydrogens is 286 g/mol. The van der Waals surface area contributed by atoms with Gasteiger partial charge in [0.1, 0.15) is 5.75 Å². The number of carbonyl (C=O) groups is 1. The molecule has 3 heteroatoms. The Morgan fingerprint density at radius 2 is 1.52 bits per heavy atom. The lowest BCUT2D eigenvalue weighted by Gasteiger charge is -2.29. The first-order valence-electron chi connectivity index (χ1n) is 8.55. The highest BCUT2D eigenvalue weighted by atomic mass is 16.3. The van der Waals surface area contributed by atoms with Crippen LogP contribution in [0.15, 0.2) is 12.1 Å². The second-order valence-electron chi connectivity index (χ2n) is 8.48. The van der Waals surface area contributed by atoms with Gasteiger partial charge in [0, 0.05) is 6.54 Å². The minimum atomic E-state index is -0.232. The fourth-order valence-corrected chi connectivity index (χ4v) is 2.60. The van der Waals surface area contributed by atoms with Crippen molar-refractivity contribution in [3.63, 3.8) is 0 Å². The molecule has 1 amide bonds. The quantitative estimate of drug-likeness (QED) is 0.851. The molecule has 1 atom stereocenters. The molecule has 0 aliphatic heterocycles. The van der Waals surface area contributed by atoms with E-state index < -0.39 is 0 Å². The van der Waals surface area contributed by atoms with Gasteiger partial charge in [-0.25, -0.2) is 0 Å². The van der Waals surface area contributed by atoms with E-state index in [0.717, 1.165) is 23.1 Å². The van der Waals surface area contributed by atoms with Crippen molar-refractivity contribution in [1.29, 1.82) is 0 Å². The van der Waals surface area contributed by atoms with E-state index in [0.29, 0.717) is 12.3 Å². The summed E-state index contributed by atoms with van der Waals surface area (Å²) in [5.41, 5.74) is 2.40. The maximum Gasteiger partial charge on any atom is 0.227 e. The molecule has 0 aromatic heterocycles. The summed E-state index contributed by atoms with van der Waals surface area (Å²) in [6, 6.07) is 3.97. The molecule has 23 heavy (non-hydrogen) atoms. The number of benzene rings is 1. The van der Waals surface area contributed by atoms with E-state index in [-0.39, 0.29) is 22.7 Å². The number of hydrogen-bond donors (Lipinski definition) is 2. The first-order valence-corrected chi connectivity index (χ1v) is 8.55. The molecule has 1 rings (SSSR count). The average molecular weight is 319 g/mol. The van der Waals surface area contributed by atoms with Gasteiger partial charge in [-0.1, -0.05) is 60.6 Å². The van der Waals surface area contributed by atoms with Crippen molar-refractivity contribution < 1.29 is 9.90 Å². The third-order valence-electron chi connectivity index (χ3n) is 4.19. The molecule has 0 aliphatic rings. The van der Waals surface area contributed by atoms with Gasteiger partial charge in [-0.3, -0.25) is 4.79 Å². The summed E-state index contributed by atoms with van der Waals surface area (Å²) < 4.78 is 0. The highest BCUT2D eigenvalue weighted by Crippen LogP contribution is 2.41. The van der Waals surface area contributed by atoms with Crippen molar-refractivity contribution in [3.8, 4) is 5.75 Å². The standard InChI is InChI=1S/C20H33NO2/c1-9-10-21-18(23)13(2)14-11-15(19(3,4)5)17(22)16(12-14)20(6,7)8/h11-13,22H,9-10H2,1-8H3,(H,21,23).